The van der Waals surface area contributed by atoms with Crippen LogP contribution in [0.3, 0.4) is 0 Å². The summed E-state index contributed by atoms with van der Waals surface area (Å²) in [7, 11) is 0. The van der Waals surface area contributed by atoms with Crippen molar-refractivity contribution in [3.05, 3.63) is 81.9 Å². The van der Waals surface area contributed by atoms with Crippen LogP contribution in [0.1, 0.15) is 27.3 Å². The summed E-state index contributed by atoms with van der Waals surface area (Å²) in [6.07, 6.45) is -4.99. The molecule has 2 amide bonds. The Balaban J connectivity index is 1.70. The highest BCUT2D eigenvalue weighted by molar-refractivity contribution is 6.31. The highest BCUT2D eigenvalue weighted by atomic mass is 35.5. The van der Waals surface area contributed by atoms with E-state index in [0.717, 1.165) is 6.07 Å². The SMILES string of the molecule is Cc1ccc(NC(=O)c2ccc(Cl)c(C(F)(F)F)c2)cc1-c1ccc2nc(CC(N)=O)nc(N)c2c1F. The molecule has 0 aliphatic rings. The van der Waals surface area contributed by atoms with Crippen molar-refractivity contribution in [1.82, 2.24) is 9.97 Å². The maximum Gasteiger partial charge on any atom is 0.417 e. The summed E-state index contributed by atoms with van der Waals surface area (Å²) in [5, 5.41) is 1.94. The van der Waals surface area contributed by atoms with Crippen molar-refractivity contribution in [2.45, 2.75) is 19.5 Å². The van der Waals surface area contributed by atoms with E-state index in [2.05, 4.69) is 15.3 Å². The van der Waals surface area contributed by atoms with Gasteiger partial charge in [0.15, 0.2) is 0 Å². The molecule has 3 aromatic carbocycles. The monoisotopic (exact) mass is 531 g/mol. The van der Waals surface area contributed by atoms with Gasteiger partial charge in [-0.1, -0.05) is 17.7 Å². The Morgan fingerprint density at radius 1 is 1.03 bits per heavy atom. The van der Waals surface area contributed by atoms with Crippen molar-refractivity contribution in [3.63, 3.8) is 0 Å². The van der Waals surface area contributed by atoms with Gasteiger partial charge in [0, 0.05) is 16.8 Å². The first-order valence-corrected chi connectivity index (χ1v) is 11.0. The zero-order valence-electron chi connectivity index (χ0n) is 19.1. The van der Waals surface area contributed by atoms with E-state index >= 15 is 4.39 Å². The van der Waals surface area contributed by atoms with Crippen LogP contribution in [0.2, 0.25) is 5.02 Å². The molecule has 1 heterocycles. The molecule has 0 saturated carbocycles. The molecule has 0 spiro atoms. The first-order valence-electron chi connectivity index (χ1n) is 10.7. The highest BCUT2D eigenvalue weighted by Crippen LogP contribution is 2.36. The molecule has 12 heteroatoms. The standard InChI is InChI=1S/C25H18ClF4N5O2/c1-11-2-4-13(33-24(37)12-3-6-17(26)16(8-12)25(28,29)30)9-15(11)14-5-7-18-21(22(14)27)23(32)35-20(34-18)10-19(31)36/h2-9H,10H2,1H3,(H2,31,36)(H,33,37)(H2,32,34,35). The summed E-state index contributed by atoms with van der Waals surface area (Å²) in [4.78, 5) is 31.9. The lowest BCUT2D eigenvalue weighted by Crippen LogP contribution is -2.16. The lowest BCUT2D eigenvalue weighted by molar-refractivity contribution is -0.137. The van der Waals surface area contributed by atoms with Crippen molar-refractivity contribution in [2.24, 2.45) is 5.73 Å². The predicted octanol–water partition coefficient (Wildman–Crippen LogP) is 5.28. The van der Waals surface area contributed by atoms with Gasteiger partial charge in [0.25, 0.3) is 5.91 Å². The smallest absolute Gasteiger partial charge is 0.383 e. The second kappa shape index (κ2) is 9.66. The number of halogens is 5. The summed E-state index contributed by atoms with van der Waals surface area (Å²) in [5.74, 6) is -2.32. The Kier molecular flexibility index (Phi) is 6.74. The van der Waals surface area contributed by atoms with E-state index in [1.54, 1.807) is 13.0 Å². The van der Waals surface area contributed by atoms with Gasteiger partial charge in [-0.2, -0.15) is 13.2 Å². The fourth-order valence-corrected chi connectivity index (χ4v) is 4.01. The summed E-state index contributed by atoms with van der Waals surface area (Å²) in [5.41, 5.74) is 11.3. The second-order valence-electron chi connectivity index (χ2n) is 8.17. The average Bonchev–Trinajstić information content (AvgIpc) is 2.79. The Morgan fingerprint density at radius 2 is 1.76 bits per heavy atom. The van der Waals surface area contributed by atoms with Crippen molar-refractivity contribution < 1.29 is 27.2 Å². The van der Waals surface area contributed by atoms with E-state index in [9.17, 15) is 22.8 Å². The minimum atomic E-state index is -4.73. The van der Waals surface area contributed by atoms with E-state index in [1.807, 2.05) is 0 Å². The zero-order valence-corrected chi connectivity index (χ0v) is 19.8. The number of anilines is 2. The third kappa shape index (κ3) is 5.31. The number of aryl methyl sites for hydroxylation is 1. The lowest BCUT2D eigenvalue weighted by Gasteiger charge is -2.14. The first-order chi connectivity index (χ1) is 17.3. The summed E-state index contributed by atoms with van der Waals surface area (Å²) in [6, 6.07) is 10.4. The fourth-order valence-electron chi connectivity index (χ4n) is 3.78. The molecule has 0 fully saturated rings. The van der Waals surface area contributed by atoms with E-state index in [4.69, 9.17) is 23.1 Å². The van der Waals surface area contributed by atoms with Crippen LogP contribution in [0.25, 0.3) is 22.0 Å². The van der Waals surface area contributed by atoms with Gasteiger partial charge in [-0.3, -0.25) is 9.59 Å². The van der Waals surface area contributed by atoms with E-state index < -0.39 is 34.4 Å². The predicted molar refractivity (Wildman–Crippen MR) is 131 cm³/mol. The quantitative estimate of drug-likeness (QED) is 0.302. The molecule has 37 heavy (non-hydrogen) atoms. The van der Waals surface area contributed by atoms with Crippen LogP contribution in [-0.4, -0.2) is 21.8 Å². The molecule has 5 N–H and O–H groups in total. The second-order valence-corrected chi connectivity index (χ2v) is 8.57. The fraction of sp³-hybridized carbons (Fsp3) is 0.120. The Morgan fingerprint density at radius 3 is 2.43 bits per heavy atom. The maximum atomic E-state index is 15.6. The number of carbonyl (C=O) groups excluding carboxylic acids is 2. The van der Waals surface area contributed by atoms with Crippen molar-refractivity contribution >= 4 is 45.8 Å². The van der Waals surface area contributed by atoms with Crippen LogP contribution in [0.15, 0.2) is 48.5 Å². The first kappa shape index (κ1) is 25.8. The van der Waals surface area contributed by atoms with Gasteiger partial charge >= 0.3 is 6.18 Å². The summed E-state index contributed by atoms with van der Waals surface area (Å²) >= 11 is 5.62. The Bertz CT molecular complexity index is 1570. The molecule has 0 radical (unpaired) electrons. The largest absolute Gasteiger partial charge is 0.417 e. The number of hydrogen-bond acceptors (Lipinski definition) is 5. The molecular weight excluding hydrogens is 514 g/mol. The number of nitrogens with zero attached hydrogens (tertiary/aromatic N) is 2. The van der Waals surface area contributed by atoms with Gasteiger partial charge < -0.3 is 16.8 Å². The number of aromatic nitrogens is 2. The minimum Gasteiger partial charge on any atom is -0.383 e. The van der Waals surface area contributed by atoms with Gasteiger partial charge in [0.1, 0.15) is 17.5 Å². The maximum absolute atomic E-state index is 15.6. The molecule has 7 nitrogen and oxygen atoms in total. The molecule has 4 aromatic rings. The number of nitrogens with one attached hydrogen (secondary N) is 1. The minimum absolute atomic E-state index is 0.0552. The van der Waals surface area contributed by atoms with E-state index in [0.29, 0.717) is 17.2 Å². The molecule has 4 rings (SSSR count). The van der Waals surface area contributed by atoms with Gasteiger partial charge in [-0.05, 0) is 60.5 Å². The number of amides is 2. The summed E-state index contributed by atoms with van der Waals surface area (Å²) < 4.78 is 55.1. The van der Waals surface area contributed by atoms with Crippen LogP contribution >= 0.6 is 11.6 Å². The average molecular weight is 532 g/mol. The zero-order chi connectivity index (χ0) is 27.1. The molecule has 1 aromatic heterocycles. The normalized spacial score (nSPS) is 11.5. The topological polar surface area (TPSA) is 124 Å². The van der Waals surface area contributed by atoms with Crippen molar-refractivity contribution in [3.8, 4) is 11.1 Å². The number of carbonyl (C=O) groups is 2. The molecule has 0 bridgehead atoms. The number of primary amides is 1. The Hall–Kier alpha value is -4.25. The molecule has 0 aliphatic carbocycles. The van der Waals surface area contributed by atoms with Crippen LogP contribution in [0.5, 0.6) is 0 Å². The summed E-state index contributed by atoms with van der Waals surface area (Å²) in [6.45, 7) is 1.72. The van der Waals surface area contributed by atoms with E-state index in [-0.39, 0.29) is 45.8 Å². The van der Waals surface area contributed by atoms with Crippen LogP contribution in [-0.2, 0) is 17.4 Å². The lowest BCUT2D eigenvalue weighted by atomic mass is 9.97. The molecule has 0 unspecified atom stereocenters. The van der Waals surface area contributed by atoms with Gasteiger partial charge in [-0.15, -0.1) is 0 Å². The van der Waals surface area contributed by atoms with Crippen LogP contribution in [0, 0.1) is 12.7 Å². The number of nitrogen functional groups attached to an aromatic ring is 1. The number of benzene rings is 3. The van der Waals surface area contributed by atoms with Gasteiger partial charge in [0.2, 0.25) is 5.91 Å². The third-order valence-electron chi connectivity index (χ3n) is 5.53. The number of fused-ring (bicyclic) bond motifs is 1. The number of rotatable bonds is 5. The van der Waals surface area contributed by atoms with Crippen molar-refractivity contribution in [1.29, 1.82) is 0 Å². The molecule has 0 saturated heterocycles. The number of hydrogen-bond donors (Lipinski definition) is 3. The van der Waals surface area contributed by atoms with Crippen molar-refractivity contribution in [2.75, 3.05) is 11.1 Å². The third-order valence-corrected chi connectivity index (χ3v) is 5.86. The molecule has 0 atom stereocenters. The highest BCUT2D eigenvalue weighted by Gasteiger charge is 2.34. The van der Waals surface area contributed by atoms with E-state index in [1.165, 1.54) is 30.3 Å². The van der Waals surface area contributed by atoms with Gasteiger partial charge in [0.05, 0.1) is 27.9 Å². The molecule has 190 valence electrons. The van der Waals surface area contributed by atoms with Crippen LogP contribution in [0.4, 0.5) is 29.1 Å². The number of alkyl halides is 3. The van der Waals surface area contributed by atoms with Gasteiger partial charge in [-0.25, -0.2) is 14.4 Å². The molecule has 0 aliphatic heterocycles. The molecular formula is C25H18ClF4N5O2. The number of nitrogens with two attached hydrogens (primary N) is 2. The van der Waals surface area contributed by atoms with Crippen LogP contribution < -0.4 is 16.8 Å². The Labute approximate surface area is 212 Å².